The standard InChI is InChI=1S/C27H25N3O7S2/c1-35-16-8-6-15(7-9-16)30-25(32)21-20(22-24(28-27(34)39-22)38-23(21)26(30)33)17-4-2-3-5-18(17)37-14-19(31)29-10-12-36-13-11-29/h2-9,20-21,23H,10-14H2,1H3,(H,28,34)/t20-,21?,23?/m1/s1. The lowest BCUT2D eigenvalue weighted by Gasteiger charge is -2.31. The lowest BCUT2D eigenvalue weighted by molar-refractivity contribution is -0.137. The van der Waals surface area contributed by atoms with Gasteiger partial charge in [0.15, 0.2) is 6.61 Å². The summed E-state index contributed by atoms with van der Waals surface area (Å²) in [4.78, 5) is 58.9. The highest BCUT2D eigenvalue weighted by Gasteiger charge is 2.56. The number of hydrogen-bond donors (Lipinski definition) is 1. The predicted molar refractivity (Wildman–Crippen MR) is 145 cm³/mol. The number of rotatable bonds is 6. The van der Waals surface area contributed by atoms with Crippen LogP contribution in [0.5, 0.6) is 11.5 Å². The Labute approximate surface area is 231 Å². The van der Waals surface area contributed by atoms with Crippen LogP contribution in [0.15, 0.2) is 58.4 Å². The minimum absolute atomic E-state index is 0.157. The van der Waals surface area contributed by atoms with Gasteiger partial charge in [0.05, 0.1) is 37.0 Å². The normalized spacial score (nSPS) is 22.4. The van der Waals surface area contributed by atoms with Crippen molar-refractivity contribution in [3.8, 4) is 11.5 Å². The summed E-state index contributed by atoms with van der Waals surface area (Å²) < 4.78 is 16.6. The van der Waals surface area contributed by atoms with E-state index in [1.807, 2.05) is 12.1 Å². The van der Waals surface area contributed by atoms with Crippen molar-refractivity contribution < 1.29 is 28.6 Å². The highest BCUT2D eigenvalue weighted by molar-refractivity contribution is 8.00. The molecule has 12 heteroatoms. The second-order valence-corrected chi connectivity index (χ2v) is 11.4. The number of aromatic amines is 1. The Morgan fingerprint density at radius 2 is 1.79 bits per heavy atom. The number of carbonyl (C=O) groups excluding carboxylic acids is 3. The zero-order valence-electron chi connectivity index (χ0n) is 21.0. The largest absolute Gasteiger partial charge is 0.497 e. The molecule has 2 unspecified atom stereocenters. The summed E-state index contributed by atoms with van der Waals surface area (Å²) in [5, 5.41) is -0.154. The van der Waals surface area contributed by atoms with Crippen molar-refractivity contribution in [3.05, 3.63) is 68.6 Å². The van der Waals surface area contributed by atoms with Gasteiger partial charge >= 0.3 is 4.87 Å². The van der Waals surface area contributed by atoms with Gasteiger partial charge in [-0.25, -0.2) is 4.90 Å². The van der Waals surface area contributed by atoms with Crippen LogP contribution >= 0.6 is 23.1 Å². The number of carbonyl (C=O) groups is 3. The average molecular weight is 568 g/mol. The molecule has 0 bridgehead atoms. The van der Waals surface area contributed by atoms with E-state index >= 15 is 0 Å². The summed E-state index contributed by atoms with van der Waals surface area (Å²) in [6.07, 6.45) is 0. The smallest absolute Gasteiger partial charge is 0.305 e. The first-order chi connectivity index (χ1) is 19.0. The molecule has 3 amide bonds. The molecule has 10 nitrogen and oxygen atoms in total. The maximum atomic E-state index is 14.0. The number of benzene rings is 2. The third-order valence-electron chi connectivity index (χ3n) is 7.12. The van der Waals surface area contributed by atoms with E-state index in [1.54, 1.807) is 48.4 Å². The molecule has 6 rings (SSSR count). The van der Waals surface area contributed by atoms with Crippen molar-refractivity contribution in [1.29, 1.82) is 0 Å². The van der Waals surface area contributed by atoms with Crippen LogP contribution < -0.4 is 19.2 Å². The molecule has 39 heavy (non-hydrogen) atoms. The second kappa shape index (κ2) is 10.5. The van der Waals surface area contributed by atoms with E-state index in [-0.39, 0.29) is 29.2 Å². The lowest BCUT2D eigenvalue weighted by Crippen LogP contribution is -2.43. The number of nitrogens with one attached hydrogen (secondary N) is 1. The van der Waals surface area contributed by atoms with E-state index in [9.17, 15) is 19.2 Å². The Balaban J connectivity index is 1.36. The summed E-state index contributed by atoms with van der Waals surface area (Å²) in [5.41, 5.74) is 1.11. The van der Waals surface area contributed by atoms with Crippen LogP contribution in [0, 0.1) is 5.92 Å². The van der Waals surface area contributed by atoms with Gasteiger partial charge in [0.25, 0.3) is 5.91 Å². The molecular weight excluding hydrogens is 542 g/mol. The number of H-pyrrole nitrogens is 1. The van der Waals surface area contributed by atoms with E-state index < -0.39 is 17.1 Å². The second-order valence-electron chi connectivity index (χ2n) is 9.28. The monoisotopic (exact) mass is 567 g/mol. The molecule has 2 saturated heterocycles. The molecule has 3 aliphatic heterocycles. The van der Waals surface area contributed by atoms with E-state index in [2.05, 4.69) is 4.98 Å². The van der Waals surface area contributed by atoms with Crippen LogP contribution in [0.3, 0.4) is 0 Å². The average Bonchev–Trinajstić information content (AvgIpc) is 3.46. The molecule has 0 aliphatic carbocycles. The number of fused-ring (bicyclic) bond motifs is 2. The molecule has 0 saturated carbocycles. The van der Waals surface area contributed by atoms with Crippen molar-refractivity contribution in [3.63, 3.8) is 0 Å². The quantitative estimate of drug-likeness (QED) is 0.452. The summed E-state index contributed by atoms with van der Waals surface area (Å²) in [6.45, 7) is 1.81. The van der Waals surface area contributed by atoms with Crippen LogP contribution in [0.2, 0.25) is 0 Å². The van der Waals surface area contributed by atoms with Gasteiger partial charge in [-0.1, -0.05) is 41.3 Å². The van der Waals surface area contributed by atoms with Crippen molar-refractivity contribution in [2.45, 2.75) is 16.2 Å². The third kappa shape index (κ3) is 4.62. The first-order valence-corrected chi connectivity index (χ1v) is 14.1. The first kappa shape index (κ1) is 25.7. The number of aromatic nitrogens is 1. The third-order valence-corrected chi connectivity index (χ3v) is 9.52. The zero-order valence-corrected chi connectivity index (χ0v) is 22.6. The van der Waals surface area contributed by atoms with Crippen molar-refractivity contribution in [2.75, 3.05) is 44.9 Å². The number of morpholine rings is 1. The van der Waals surface area contributed by atoms with Gasteiger partial charge in [-0.15, -0.1) is 0 Å². The summed E-state index contributed by atoms with van der Waals surface area (Å²) >= 11 is 2.24. The van der Waals surface area contributed by atoms with Crippen molar-refractivity contribution in [2.24, 2.45) is 5.92 Å². The van der Waals surface area contributed by atoms with Crippen molar-refractivity contribution in [1.82, 2.24) is 9.88 Å². The topological polar surface area (TPSA) is 118 Å². The molecule has 3 atom stereocenters. The Hall–Kier alpha value is -3.61. The highest BCUT2D eigenvalue weighted by Crippen LogP contribution is 2.54. The number of anilines is 1. The number of amides is 3. The van der Waals surface area contributed by atoms with Gasteiger partial charge in [0, 0.05) is 29.4 Å². The van der Waals surface area contributed by atoms with E-state index in [0.717, 1.165) is 11.3 Å². The zero-order chi connectivity index (χ0) is 27.1. The Bertz CT molecular complexity index is 1480. The minimum Gasteiger partial charge on any atom is -0.497 e. The van der Waals surface area contributed by atoms with E-state index in [0.29, 0.717) is 59.0 Å². The SMILES string of the molecule is COc1ccc(N2C(=O)C3Sc4[nH]c(=O)sc4[C@H](c4ccccc4OCC(=O)N4CCOCC4)C3C2=O)cc1. The molecule has 2 fully saturated rings. The summed E-state index contributed by atoms with van der Waals surface area (Å²) in [6, 6.07) is 13.9. The van der Waals surface area contributed by atoms with Gasteiger partial charge in [0.2, 0.25) is 11.8 Å². The molecule has 202 valence electrons. The fourth-order valence-electron chi connectivity index (χ4n) is 5.25. The Kier molecular flexibility index (Phi) is 6.92. The maximum absolute atomic E-state index is 14.0. The number of hydrogen-bond acceptors (Lipinski definition) is 9. The predicted octanol–water partition coefficient (Wildman–Crippen LogP) is 2.48. The van der Waals surface area contributed by atoms with E-state index in [1.165, 1.54) is 16.7 Å². The minimum atomic E-state index is -0.761. The Morgan fingerprint density at radius 1 is 1.05 bits per heavy atom. The summed E-state index contributed by atoms with van der Waals surface area (Å²) in [7, 11) is 1.55. The fraction of sp³-hybridized carbons (Fsp3) is 0.333. The number of imide groups is 1. The van der Waals surface area contributed by atoms with Crippen LogP contribution in [-0.4, -0.2) is 72.9 Å². The van der Waals surface area contributed by atoms with Crippen molar-refractivity contribution >= 4 is 46.5 Å². The number of thioether (sulfide) groups is 1. The van der Waals surface area contributed by atoms with Crippen LogP contribution in [0.1, 0.15) is 16.4 Å². The molecule has 3 aromatic rings. The number of ether oxygens (including phenoxy) is 3. The number of nitrogens with zero attached hydrogens (tertiary/aromatic N) is 2. The van der Waals surface area contributed by atoms with Gasteiger partial charge in [-0.2, -0.15) is 0 Å². The first-order valence-electron chi connectivity index (χ1n) is 12.4. The molecule has 0 spiro atoms. The van der Waals surface area contributed by atoms with Gasteiger partial charge < -0.3 is 24.1 Å². The van der Waals surface area contributed by atoms with Gasteiger partial charge in [-0.3, -0.25) is 19.2 Å². The molecule has 4 heterocycles. The fourth-order valence-corrected chi connectivity index (χ4v) is 7.76. The molecule has 3 aliphatic rings. The maximum Gasteiger partial charge on any atom is 0.305 e. The number of para-hydroxylation sites is 1. The molecule has 1 N–H and O–H groups in total. The number of methoxy groups -OCH3 is 1. The number of thiazole rings is 1. The lowest BCUT2D eigenvalue weighted by atomic mass is 9.82. The molecular formula is C27H25N3O7S2. The highest BCUT2D eigenvalue weighted by atomic mass is 32.2. The van der Waals surface area contributed by atoms with Crippen LogP contribution in [0.4, 0.5) is 5.69 Å². The van der Waals surface area contributed by atoms with E-state index in [4.69, 9.17) is 14.2 Å². The molecule has 1 aromatic heterocycles. The molecule has 2 aromatic carbocycles. The summed E-state index contributed by atoms with van der Waals surface area (Å²) in [5.74, 6) is -1.17. The van der Waals surface area contributed by atoms with Gasteiger partial charge in [-0.05, 0) is 30.3 Å². The van der Waals surface area contributed by atoms with Crippen LogP contribution in [-0.2, 0) is 19.1 Å². The molecule has 0 radical (unpaired) electrons. The van der Waals surface area contributed by atoms with Gasteiger partial charge in [0.1, 0.15) is 16.7 Å². The Morgan fingerprint density at radius 3 is 2.54 bits per heavy atom. The van der Waals surface area contributed by atoms with Crippen LogP contribution in [0.25, 0.3) is 0 Å².